The monoisotopic (exact) mass is 181 g/mol. The number of ether oxygens (including phenoxy) is 1. The number of carbonyl (C=O) groups is 1. The minimum absolute atomic E-state index is 0.0168. The third kappa shape index (κ3) is 1.43. The summed E-state index contributed by atoms with van der Waals surface area (Å²) >= 11 is 0. The number of carbonyl (C=O) groups excluding carboxylic acids is 1. The molecule has 0 saturated heterocycles. The maximum Gasteiger partial charge on any atom is 0.309 e. The second-order valence-corrected chi connectivity index (χ2v) is 3.24. The molecule has 1 aliphatic rings. The van der Waals surface area contributed by atoms with E-state index in [1.54, 1.807) is 6.20 Å². The molecule has 0 saturated carbocycles. The molecule has 0 radical (unpaired) electrons. The van der Waals surface area contributed by atoms with Crippen LogP contribution in [0.2, 0.25) is 0 Å². The summed E-state index contributed by atoms with van der Waals surface area (Å²) in [6, 6.07) is 0. The molecule has 1 aliphatic carbocycles. The van der Waals surface area contributed by atoms with Gasteiger partial charge in [-0.3, -0.25) is 4.79 Å². The maximum absolute atomic E-state index is 11.2. The average molecular weight is 181 g/mol. The predicted octanol–water partition coefficient (Wildman–Crippen LogP) is 0.953. The van der Waals surface area contributed by atoms with Gasteiger partial charge >= 0.3 is 5.97 Å². The van der Waals surface area contributed by atoms with Crippen LogP contribution in [0.5, 0.6) is 0 Å². The molecular formula is C9H11NO3. The molecule has 70 valence electrons. The lowest BCUT2D eigenvalue weighted by atomic mass is 9.88. The first-order valence-electron chi connectivity index (χ1n) is 4.31. The summed E-state index contributed by atoms with van der Waals surface area (Å²) in [5.41, 5.74) is 1.04. The van der Waals surface area contributed by atoms with Crippen LogP contribution >= 0.6 is 0 Å². The van der Waals surface area contributed by atoms with E-state index in [1.165, 1.54) is 7.11 Å². The van der Waals surface area contributed by atoms with Crippen LogP contribution in [0.15, 0.2) is 10.7 Å². The SMILES string of the molecule is COC(=O)C1CCc2oncc2C1. The Bertz CT molecular complexity index is 318. The van der Waals surface area contributed by atoms with Crippen molar-refractivity contribution < 1.29 is 14.1 Å². The van der Waals surface area contributed by atoms with E-state index in [1.807, 2.05) is 0 Å². The van der Waals surface area contributed by atoms with E-state index in [4.69, 9.17) is 9.26 Å². The molecule has 2 rings (SSSR count). The lowest BCUT2D eigenvalue weighted by Gasteiger charge is -2.17. The Morgan fingerprint density at radius 1 is 1.77 bits per heavy atom. The number of nitrogens with zero attached hydrogens (tertiary/aromatic N) is 1. The van der Waals surface area contributed by atoms with Gasteiger partial charge in [0.2, 0.25) is 0 Å². The number of rotatable bonds is 1. The third-order valence-corrected chi connectivity index (χ3v) is 2.45. The Morgan fingerprint density at radius 2 is 2.62 bits per heavy atom. The highest BCUT2D eigenvalue weighted by molar-refractivity contribution is 5.73. The van der Waals surface area contributed by atoms with Crippen molar-refractivity contribution in [1.29, 1.82) is 0 Å². The van der Waals surface area contributed by atoms with Crippen LogP contribution in [0.3, 0.4) is 0 Å². The third-order valence-electron chi connectivity index (χ3n) is 2.45. The van der Waals surface area contributed by atoms with Gasteiger partial charge in [0.15, 0.2) is 0 Å². The predicted molar refractivity (Wildman–Crippen MR) is 44.0 cm³/mol. The topological polar surface area (TPSA) is 52.3 Å². The first kappa shape index (κ1) is 8.29. The standard InChI is InChI=1S/C9H11NO3/c1-12-9(11)6-2-3-8-7(4-6)5-10-13-8/h5-6H,2-4H2,1H3. The molecule has 13 heavy (non-hydrogen) atoms. The molecule has 1 unspecified atom stereocenters. The largest absolute Gasteiger partial charge is 0.469 e. The minimum Gasteiger partial charge on any atom is -0.469 e. The molecule has 1 aromatic heterocycles. The number of aromatic nitrogens is 1. The van der Waals surface area contributed by atoms with Crippen LogP contribution in [-0.2, 0) is 22.4 Å². The fraction of sp³-hybridized carbons (Fsp3) is 0.556. The summed E-state index contributed by atoms with van der Waals surface area (Å²) in [5, 5.41) is 3.70. The van der Waals surface area contributed by atoms with Crippen LogP contribution in [0, 0.1) is 5.92 Å². The van der Waals surface area contributed by atoms with Crippen LogP contribution in [0.25, 0.3) is 0 Å². The zero-order valence-electron chi connectivity index (χ0n) is 7.45. The van der Waals surface area contributed by atoms with E-state index in [9.17, 15) is 4.79 Å². The van der Waals surface area contributed by atoms with Crippen molar-refractivity contribution in [3.05, 3.63) is 17.5 Å². The highest BCUT2D eigenvalue weighted by Crippen LogP contribution is 2.25. The van der Waals surface area contributed by atoms with Crippen LogP contribution < -0.4 is 0 Å². The van der Waals surface area contributed by atoms with E-state index < -0.39 is 0 Å². The summed E-state index contributed by atoms with van der Waals surface area (Å²) in [7, 11) is 1.42. The Labute approximate surface area is 75.9 Å². The lowest BCUT2D eigenvalue weighted by molar-refractivity contribution is -0.145. The molecule has 4 heteroatoms. The van der Waals surface area contributed by atoms with Gasteiger partial charge in [-0.25, -0.2) is 0 Å². The molecule has 0 aliphatic heterocycles. The van der Waals surface area contributed by atoms with Crippen molar-refractivity contribution in [2.24, 2.45) is 5.92 Å². The molecule has 0 aromatic carbocycles. The smallest absolute Gasteiger partial charge is 0.309 e. The number of esters is 1. The van der Waals surface area contributed by atoms with Crippen molar-refractivity contribution in [1.82, 2.24) is 5.16 Å². The zero-order chi connectivity index (χ0) is 9.26. The van der Waals surface area contributed by atoms with Gasteiger partial charge in [0, 0.05) is 12.0 Å². The van der Waals surface area contributed by atoms with Gasteiger partial charge in [0.1, 0.15) is 5.76 Å². The van der Waals surface area contributed by atoms with Crippen molar-refractivity contribution >= 4 is 5.97 Å². The van der Waals surface area contributed by atoms with Crippen LogP contribution in [-0.4, -0.2) is 18.2 Å². The van der Waals surface area contributed by atoms with Crippen molar-refractivity contribution in [2.45, 2.75) is 19.3 Å². The second kappa shape index (κ2) is 3.20. The molecule has 0 bridgehead atoms. The average Bonchev–Trinajstić information content (AvgIpc) is 2.63. The Morgan fingerprint density at radius 3 is 3.38 bits per heavy atom. The number of hydrogen-bond acceptors (Lipinski definition) is 4. The van der Waals surface area contributed by atoms with Gasteiger partial charge in [0.25, 0.3) is 0 Å². The molecule has 1 atom stereocenters. The van der Waals surface area contributed by atoms with Crippen LogP contribution in [0.4, 0.5) is 0 Å². The first-order valence-corrected chi connectivity index (χ1v) is 4.31. The van der Waals surface area contributed by atoms with E-state index in [2.05, 4.69) is 5.16 Å². The fourth-order valence-corrected chi connectivity index (χ4v) is 1.70. The fourth-order valence-electron chi connectivity index (χ4n) is 1.70. The van der Waals surface area contributed by atoms with Gasteiger partial charge in [-0.2, -0.15) is 0 Å². The molecule has 1 heterocycles. The number of fused-ring (bicyclic) bond motifs is 1. The Kier molecular flexibility index (Phi) is 2.04. The van der Waals surface area contributed by atoms with E-state index >= 15 is 0 Å². The molecule has 0 amide bonds. The van der Waals surface area contributed by atoms with Gasteiger partial charge in [-0.15, -0.1) is 0 Å². The minimum atomic E-state index is -0.133. The van der Waals surface area contributed by atoms with Crippen molar-refractivity contribution in [2.75, 3.05) is 7.11 Å². The summed E-state index contributed by atoms with van der Waals surface area (Å²) in [6.07, 6.45) is 3.97. The zero-order valence-corrected chi connectivity index (χ0v) is 7.45. The molecular weight excluding hydrogens is 170 g/mol. The molecule has 0 N–H and O–H groups in total. The van der Waals surface area contributed by atoms with Gasteiger partial charge < -0.3 is 9.26 Å². The second-order valence-electron chi connectivity index (χ2n) is 3.24. The number of methoxy groups -OCH3 is 1. The number of hydrogen-bond donors (Lipinski definition) is 0. The summed E-state index contributed by atoms with van der Waals surface area (Å²) < 4.78 is 9.71. The Balaban J connectivity index is 2.13. The van der Waals surface area contributed by atoms with Gasteiger partial charge in [-0.1, -0.05) is 5.16 Å². The normalized spacial score (nSPS) is 20.8. The Hall–Kier alpha value is -1.32. The van der Waals surface area contributed by atoms with Crippen LogP contribution in [0.1, 0.15) is 17.7 Å². The molecule has 4 nitrogen and oxygen atoms in total. The lowest BCUT2D eigenvalue weighted by Crippen LogP contribution is -2.22. The first-order chi connectivity index (χ1) is 6.31. The molecule has 1 aromatic rings. The summed E-state index contributed by atoms with van der Waals surface area (Å²) in [6.45, 7) is 0. The van der Waals surface area contributed by atoms with Gasteiger partial charge in [0.05, 0.1) is 19.2 Å². The maximum atomic E-state index is 11.2. The summed E-state index contributed by atoms with van der Waals surface area (Å²) in [4.78, 5) is 11.2. The highest BCUT2D eigenvalue weighted by atomic mass is 16.5. The van der Waals surface area contributed by atoms with E-state index in [-0.39, 0.29) is 11.9 Å². The van der Waals surface area contributed by atoms with E-state index in [0.717, 1.165) is 24.2 Å². The van der Waals surface area contributed by atoms with Gasteiger partial charge in [-0.05, 0) is 12.8 Å². The number of aryl methyl sites for hydroxylation is 1. The quantitative estimate of drug-likeness (QED) is 0.605. The molecule has 0 spiro atoms. The van der Waals surface area contributed by atoms with E-state index in [0.29, 0.717) is 6.42 Å². The molecule has 0 fully saturated rings. The van der Waals surface area contributed by atoms with Crippen molar-refractivity contribution in [3.8, 4) is 0 Å². The van der Waals surface area contributed by atoms with Crippen molar-refractivity contribution in [3.63, 3.8) is 0 Å². The summed E-state index contributed by atoms with van der Waals surface area (Å²) in [5.74, 6) is 0.768. The highest BCUT2D eigenvalue weighted by Gasteiger charge is 2.27.